The highest BCUT2D eigenvalue weighted by Crippen LogP contribution is 2.28. The smallest absolute Gasteiger partial charge is 0.424 e. The van der Waals surface area contributed by atoms with E-state index in [-0.39, 0.29) is 16.5 Å². The molecule has 1 rings (SSSR count). The molecule has 0 saturated carbocycles. The Bertz CT molecular complexity index is 592. The summed E-state index contributed by atoms with van der Waals surface area (Å²) in [5.41, 5.74) is -0.599. The Morgan fingerprint density at radius 3 is 2.19 bits per heavy atom. The fourth-order valence-corrected chi connectivity index (χ4v) is 1.76. The molecule has 0 aliphatic carbocycles. The molecule has 0 unspecified atom stereocenters. The van der Waals surface area contributed by atoms with Crippen molar-refractivity contribution in [1.82, 2.24) is 0 Å². The van der Waals surface area contributed by atoms with Crippen LogP contribution in [0.15, 0.2) is 18.2 Å². The molecular formula is C14H16ClNO5. The van der Waals surface area contributed by atoms with E-state index < -0.39 is 17.8 Å². The molecule has 0 aromatic heterocycles. The minimum atomic E-state index is -1.53. The van der Waals surface area contributed by atoms with Gasteiger partial charge in [-0.25, -0.2) is 9.59 Å². The van der Waals surface area contributed by atoms with Gasteiger partial charge in [-0.15, -0.1) is 0 Å². The topological polar surface area (TPSA) is 83.9 Å². The average Bonchev–Trinajstić information content (AvgIpc) is 2.28. The van der Waals surface area contributed by atoms with Crippen molar-refractivity contribution in [2.75, 3.05) is 4.90 Å². The number of nitrogens with zero attached hydrogens (tertiary/aromatic N) is 1. The first-order chi connectivity index (χ1) is 9.53. The summed E-state index contributed by atoms with van der Waals surface area (Å²) in [5, 5.41) is 9.16. The summed E-state index contributed by atoms with van der Waals surface area (Å²) in [6, 6.07) is 3.99. The molecule has 0 aliphatic heterocycles. The predicted octanol–water partition coefficient (Wildman–Crippen LogP) is 3.96. The summed E-state index contributed by atoms with van der Waals surface area (Å²) < 4.78 is 5.03. The Morgan fingerprint density at radius 1 is 1.24 bits per heavy atom. The lowest BCUT2D eigenvalue weighted by Crippen LogP contribution is -2.40. The monoisotopic (exact) mass is 313 g/mol. The first-order valence-electron chi connectivity index (χ1n) is 6.09. The van der Waals surface area contributed by atoms with Crippen LogP contribution in [0.2, 0.25) is 5.02 Å². The fourth-order valence-electron chi connectivity index (χ4n) is 1.49. The van der Waals surface area contributed by atoms with Gasteiger partial charge in [0.25, 0.3) is 0 Å². The zero-order chi connectivity index (χ0) is 16.4. The quantitative estimate of drug-likeness (QED) is 0.835. The van der Waals surface area contributed by atoms with Gasteiger partial charge in [0, 0.05) is 5.56 Å². The number of hydrogen-bond donors (Lipinski definition) is 1. The zero-order valence-corrected chi connectivity index (χ0v) is 12.9. The molecular weight excluding hydrogens is 298 g/mol. The van der Waals surface area contributed by atoms with Crippen LogP contribution in [0, 0.1) is 0 Å². The largest absolute Gasteiger partial charge is 0.464 e. The van der Waals surface area contributed by atoms with E-state index >= 15 is 0 Å². The minimum Gasteiger partial charge on any atom is -0.464 e. The van der Waals surface area contributed by atoms with E-state index in [2.05, 4.69) is 0 Å². The maximum absolute atomic E-state index is 12.0. The van der Waals surface area contributed by atoms with Crippen LogP contribution in [-0.4, -0.2) is 28.7 Å². The van der Waals surface area contributed by atoms with E-state index in [1.54, 1.807) is 20.8 Å². The third kappa shape index (κ3) is 4.46. The Morgan fingerprint density at radius 2 is 1.81 bits per heavy atom. The van der Waals surface area contributed by atoms with Crippen molar-refractivity contribution in [2.45, 2.75) is 33.3 Å². The Labute approximate surface area is 127 Å². The van der Waals surface area contributed by atoms with E-state index in [1.807, 2.05) is 0 Å². The minimum absolute atomic E-state index is 0.0315. The van der Waals surface area contributed by atoms with Crippen LogP contribution >= 0.6 is 11.6 Å². The zero-order valence-electron chi connectivity index (χ0n) is 12.1. The number of halogens is 1. The second kappa shape index (κ2) is 6.13. The highest BCUT2D eigenvalue weighted by molar-refractivity contribution is 6.35. The van der Waals surface area contributed by atoms with Crippen LogP contribution in [0.1, 0.15) is 38.1 Å². The number of amides is 2. The molecule has 0 bridgehead atoms. The Balaban J connectivity index is 3.21. The van der Waals surface area contributed by atoms with Crippen molar-refractivity contribution in [3.05, 3.63) is 28.8 Å². The number of imide groups is 1. The van der Waals surface area contributed by atoms with Gasteiger partial charge >= 0.3 is 12.2 Å². The van der Waals surface area contributed by atoms with Gasteiger partial charge in [0.05, 0.1) is 10.7 Å². The van der Waals surface area contributed by atoms with Crippen molar-refractivity contribution in [1.29, 1.82) is 0 Å². The number of anilines is 1. The van der Waals surface area contributed by atoms with Crippen LogP contribution in [0.25, 0.3) is 0 Å². The molecule has 21 heavy (non-hydrogen) atoms. The van der Waals surface area contributed by atoms with Gasteiger partial charge in [-0.05, 0) is 45.9 Å². The molecule has 1 aromatic rings. The molecule has 2 amide bonds. The molecule has 0 heterocycles. The molecule has 6 nitrogen and oxygen atoms in total. The van der Waals surface area contributed by atoms with Crippen LogP contribution < -0.4 is 4.90 Å². The lowest BCUT2D eigenvalue weighted by molar-refractivity contribution is 0.0582. The first kappa shape index (κ1) is 17.0. The standard InChI is InChI=1S/C14H16ClNO5/c1-8(17)9-5-6-11(10(15)7-9)16(12(18)19)13(20)21-14(2,3)4/h5-7H,1-4H3,(H,18,19). The summed E-state index contributed by atoms with van der Waals surface area (Å²) in [6.45, 7) is 6.20. The second-order valence-electron chi connectivity index (χ2n) is 5.32. The number of ketones is 1. The van der Waals surface area contributed by atoms with Gasteiger partial charge in [0.1, 0.15) is 5.60 Å². The third-order valence-electron chi connectivity index (χ3n) is 2.36. The van der Waals surface area contributed by atoms with E-state index in [9.17, 15) is 19.5 Å². The van der Waals surface area contributed by atoms with Gasteiger partial charge < -0.3 is 9.84 Å². The molecule has 0 spiro atoms. The van der Waals surface area contributed by atoms with Crippen molar-refractivity contribution in [3.63, 3.8) is 0 Å². The molecule has 0 aliphatic rings. The average molecular weight is 314 g/mol. The molecule has 1 aromatic carbocycles. The highest BCUT2D eigenvalue weighted by atomic mass is 35.5. The molecule has 1 N–H and O–H groups in total. The molecule has 7 heteroatoms. The summed E-state index contributed by atoms with van der Waals surface area (Å²) in [5.74, 6) is -0.220. The molecule has 114 valence electrons. The van der Waals surface area contributed by atoms with Gasteiger partial charge in [0.2, 0.25) is 0 Å². The normalized spacial score (nSPS) is 10.9. The van der Waals surface area contributed by atoms with E-state index in [0.717, 1.165) is 0 Å². The Hall–Kier alpha value is -2.08. The summed E-state index contributed by atoms with van der Waals surface area (Å²) in [4.78, 5) is 34.9. The number of ether oxygens (including phenoxy) is 1. The molecule has 0 saturated heterocycles. The van der Waals surface area contributed by atoms with Gasteiger partial charge in [-0.3, -0.25) is 4.79 Å². The number of carbonyl (C=O) groups excluding carboxylic acids is 2. The van der Waals surface area contributed by atoms with Crippen molar-refractivity contribution >= 4 is 35.3 Å². The summed E-state index contributed by atoms with van der Waals surface area (Å²) in [7, 11) is 0. The lowest BCUT2D eigenvalue weighted by atomic mass is 10.1. The van der Waals surface area contributed by atoms with Gasteiger partial charge in [-0.2, -0.15) is 4.90 Å². The van der Waals surface area contributed by atoms with Crippen LogP contribution in [0.5, 0.6) is 0 Å². The summed E-state index contributed by atoms with van der Waals surface area (Å²) in [6.07, 6.45) is -2.59. The highest BCUT2D eigenvalue weighted by Gasteiger charge is 2.30. The van der Waals surface area contributed by atoms with Crippen LogP contribution in [0.3, 0.4) is 0 Å². The van der Waals surface area contributed by atoms with Crippen LogP contribution in [-0.2, 0) is 4.74 Å². The van der Waals surface area contributed by atoms with E-state index in [0.29, 0.717) is 10.5 Å². The number of carbonyl (C=O) groups is 3. The van der Waals surface area contributed by atoms with Gasteiger partial charge in [0.15, 0.2) is 5.78 Å². The fraction of sp³-hybridized carbons (Fsp3) is 0.357. The second-order valence-corrected chi connectivity index (χ2v) is 5.73. The first-order valence-corrected chi connectivity index (χ1v) is 6.47. The number of benzene rings is 1. The molecule has 0 radical (unpaired) electrons. The molecule has 0 fully saturated rings. The van der Waals surface area contributed by atoms with Crippen molar-refractivity contribution in [2.24, 2.45) is 0 Å². The van der Waals surface area contributed by atoms with Crippen molar-refractivity contribution in [3.8, 4) is 0 Å². The maximum Gasteiger partial charge on any atom is 0.424 e. The predicted molar refractivity (Wildman–Crippen MR) is 78.2 cm³/mol. The summed E-state index contributed by atoms with van der Waals surface area (Å²) >= 11 is 5.96. The maximum atomic E-state index is 12.0. The van der Waals surface area contributed by atoms with E-state index in [4.69, 9.17) is 16.3 Å². The number of Topliss-reactive ketones (excluding diaryl/α,β-unsaturated/α-hetero) is 1. The Kier molecular flexibility index (Phi) is 4.96. The number of rotatable bonds is 2. The van der Waals surface area contributed by atoms with Crippen LogP contribution in [0.4, 0.5) is 15.3 Å². The van der Waals surface area contributed by atoms with Gasteiger partial charge in [-0.1, -0.05) is 11.6 Å². The third-order valence-corrected chi connectivity index (χ3v) is 2.67. The number of carboxylic acid groups (broad SMARTS) is 1. The number of hydrogen-bond acceptors (Lipinski definition) is 4. The lowest BCUT2D eigenvalue weighted by Gasteiger charge is -2.25. The van der Waals surface area contributed by atoms with E-state index in [1.165, 1.54) is 25.1 Å². The van der Waals surface area contributed by atoms with Crippen molar-refractivity contribution < 1.29 is 24.2 Å². The molecule has 0 atom stereocenters. The SMILES string of the molecule is CC(=O)c1ccc(N(C(=O)O)C(=O)OC(C)(C)C)c(Cl)c1.